The summed E-state index contributed by atoms with van der Waals surface area (Å²) in [7, 11) is 0. The molecule has 132 valence electrons. The summed E-state index contributed by atoms with van der Waals surface area (Å²) < 4.78 is 5.42. The third-order valence-corrected chi connectivity index (χ3v) is 6.33. The summed E-state index contributed by atoms with van der Waals surface area (Å²) >= 11 is 1.85. The fourth-order valence-electron chi connectivity index (χ4n) is 3.72. The SMILES string of the molecule is O=C(NC1CC1)c1noc(C2CCCN2Cc2nc3c(s2)CCC3)n1. The predicted octanol–water partition coefficient (Wildman–Crippen LogP) is 2.24. The summed E-state index contributed by atoms with van der Waals surface area (Å²) in [6, 6.07) is 0.387. The van der Waals surface area contributed by atoms with Crippen LogP contribution in [-0.4, -0.2) is 38.5 Å². The van der Waals surface area contributed by atoms with Crippen molar-refractivity contribution in [3.05, 3.63) is 27.3 Å². The van der Waals surface area contributed by atoms with Gasteiger partial charge in [-0.2, -0.15) is 4.98 Å². The number of carbonyl (C=O) groups excluding carboxylic acids is 1. The highest BCUT2D eigenvalue weighted by molar-refractivity contribution is 7.11. The van der Waals surface area contributed by atoms with Crippen LogP contribution in [0.2, 0.25) is 0 Å². The van der Waals surface area contributed by atoms with E-state index in [9.17, 15) is 4.79 Å². The minimum atomic E-state index is -0.224. The maximum absolute atomic E-state index is 12.1. The van der Waals surface area contributed by atoms with E-state index in [4.69, 9.17) is 9.51 Å². The first-order chi connectivity index (χ1) is 12.3. The van der Waals surface area contributed by atoms with Gasteiger partial charge in [0.15, 0.2) is 0 Å². The van der Waals surface area contributed by atoms with Crippen LogP contribution in [0.25, 0.3) is 0 Å². The van der Waals surface area contributed by atoms with E-state index in [0.29, 0.717) is 11.9 Å². The lowest BCUT2D eigenvalue weighted by Crippen LogP contribution is -2.27. The number of nitrogens with one attached hydrogen (secondary N) is 1. The first-order valence-corrected chi connectivity index (χ1v) is 9.94. The van der Waals surface area contributed by atoms with Crippen LogP contribution in [0, 0.1) is 0 Å². The molecule has 0 radical (unpaired) electrons. The maximum atomic E-state index is 12.1. The molecule has 8 heteroatoms. The normalized spacial score (nSPS) is 23.1. The van der Waals surface area contributed by atoms with Crippen molar-refractivity contribution in [2.24, 2.45) is 0 Å². The van der Waals surface area contributed by atoms with E-state index in [1.807, 2.05) is 11.3 Å². The Hall–Kier alpha value is -1.80. The Morgan fingerprint density at radius 1 is 1.24 bits per heavy atom. The summed E-state index contributed by atoms with van der Waals surface area (Å²) in [5.41, 5.74) is 1.30. The van der Waals surface area contributed by atoms with Gasteiger partial charge in [0, 0.05) is 10.9 Å². The van der Waals surface area contributed by atoms with Crippen LogP contribution in [0.15, 0.2) is 4.52 Å². The molecular weight excluding hydrogens is 338 g/mol. The first kappa shape index (κ1) is 15.5. The Kier molecular flexibility index (Phi) is 3.82. The third-order valence-electron chi connectivity index (χ3n) is 5.18. The maximum Gasteiger partial charge on any atom is 0.292 e. The van der Waals surface area contributed by atoms with E-state index in [2.05, 4.69) is 20.4 Å². The van der Waals surface area contributed by atoms with E-state index in [1.165, 1.54) is 28.4 Å². The highest BCUT2D eigenvalue weighted by Crippen LogP contribution is 2.34. The Bertz CT molecular complexity index is 775. The Labute approximate surface area is 149 Å². The largest absolute Gasteiger partial charge is 0.346 e. The van der Waals surface area contributed by atoms with Gasteiger partial charge in [-0.25, -0.2) is 4.98 Å². The number of carbonyl (C=O) groups is 1. The number of nitrogens with zero attached hydrogens (tertiary/aromatic N) is 4. The average Bonchev–Trinajstić information content (AvgIpc) is 3.05. The average molecular weight is 359 g/mol. The van der Waals surface area contributed by atoms with Gasteiger partial charge in [0.05, 0.1) is 18.3 Å². The van der Waals surface area contributed by atoms with Crippen molar-refractivity contribution >= 4 is 17.2 Å². The van der Waals surface area contributed by atoms with Crippen molar-refractivity contribution in [3.8, 4) is 0 Å². The highest BCUT2D eigenvalue weighted by atomic mass is 32.1. The highest BCUT2D eigenvalue weighted by Gasteiger charge is 2.33. The van der Waals surface area contributed by atoms with E-state index in [0.717, 1.165) is 45.2 Å². The zero-order chi connectivity index (χ0) is 16.8. The molecule has 3 aliphatic rings. The van der Waals surface area contributed by atoms with Crippen molar-refractivity contribution in [1.82, 2.24) is 25.3 Å². The summed E-state index contributed by atoms with van der Waals surface area (Å²) in [4.78, 5) is 25.0. The van der Waals surface area contributed by atoms with Crippen molar-refractivity contribution in [1.29, 1.82) is 0 Å². The lowest BCUT2D eigenvalue weighted by Gasteiger charge is -2.19. The Morgan fingerprint density at radius 2 is 2.16 bits per heavy atom. The lowest BCUT2D eigenvalue weighted by molar-refractivity contribution is 0.0937. The van der Waals surface area contributed by atoms with Crippen molar-refractivity contribution in [2.75, 3.05) is 6.54 Å². The molecular formula is C17H21N5O2S. The van der Waals surface area contributed by atoms with E-state index in [1.54, 1.807) is 0 Å². The van der Waals surface area contributed by atoms with Crippen molar-refractivity contribution in [2.45, 2.75) is 63.6 Å². The van der Waals surface area contributed by atoms with Crippen molar-refractivity contribution < 1.29 is 9.32 Å². The first-order valence-electron chi connectivity index (χ1n) is 9.12. The van der Waals surface area contributed by atoms with Crippen LogP contribution in [0.1, 0.15) is 70.2 Å². The fourth-order valence-corrected chi connectivity index (χ4v) is 4.90. The molecule has 1 N–H and O–H groups in total. The topological polar surface area (TPSA) is 84.2 Å². The van der Waals surface area contributed by atoms with E-state index < -0.39 is 0 Å². The molecule has 1 unspecified atom stereocenters. The second-order valence-corrected chi connectivity index (χ2v) is 8.33. The third kappa shape index (κ3) is 3.08. The quantitative estimate of drug-likeness (QED) is 0.881. The van der Waals surface area contributed by atoms with Gasteiger partial charge >= 0.3 is 0 Å². The molecule has 1 atom stereocenters. The van der Waals surface area contributed by atoms with Crippen LogP contribution < -0.4 is 5.32 Å². The molecule has 1 aliphatic heterocycles. The fraction of sp³-hybridized carbons (Fsp3) is 0.647. The molecule has 7 nitrogen and oxygen atoms in total. The smallest absolute Gasteiger partial charge is 0.292 e. The second-order valence-electron chi connectivity index (χ2n) is 7.16. The molecule has 5 rings (SSSR count). The number of amides is 1. The van der Waals surface area contributed by atoms with Crippen LogP contribution in [0.5, 0.6) is 0 Å². The molecule has 1 amide bonds. The zero-order valence-corrected chi connectivity index (χ0v) is 14.8. The monoisotopic (exact) mass is 359 g/mol. The van der Waals surface area contributed by atoms with Gasteiger partial charge in [-0.1, -0.05) is 5.16 Å². The van der Waals surface area contributed by atoms with Gasteiger partial charge in [-0.3, -0.25) is 9.69 Å². The molecule has 2 aromatic heterocycles. The molecule has 2 aliphatic carbocycles. The molecule has 1 saturated heterocycles. The van der Waals surface area contributed by atoms with E-state index in [-0.39, 0.29) is 17.8 Å². The van der Waals surface area contributed by atoms with Crippen molar-refractivity contribution in [3.63, 3.8) is 0 Å². The minimum Gasteiger partial charge on any atom is -0.346 e. The predicted molar refractivity (Wildman–Crippen MR) is 91.3 cm³/mol. The number of fused-ring (bicyclic) bond motifs is 1. The van der Waals surface area contributed by atoms with Gasteiger partial charge in [-0.05, 0) is 51.5 Å². The summed E-state index contributed by atoms with van der Waals surface area (Å²) in [6.45, 7) is 1.83. The molecule has 2 fully saturated rings. The number of aromatic nitrogens is 3. The number of hydrogen-bond acceptors (Lipinski definition) is 7. The van der Waals surface area contributed by atoms with Gasteiger partial charge < -0.3 is 9.84 Å². The molecule has 0 aromatic carbocycles. The van der Waals surface area contributed by atoms with Gasteiger partial charge in [0.2, 0.25) is 5.89 Å². The van der Waals surface area contributed by atoms with Crippen LogP contribution in [0.3, 0.4) is 0 Å². The summed E-state index contributed by atoms with van der Waals surface area (Å²) in [5.74, 6) is 0.489. The number of hydrogen-bond donors (Lipinski definition) is 1. The molecule has 0 spiro atoms. The lowest BCUT2D eigenvalue weighted by atomic mass is 10.2. The molecule has 25 heavy (non-hydrogen) atoms. The Balaban J connectivity index is 1.29. The van der Waals surface area contributed by atoms with Crippen LogP contribution in [0.4, 0.5) is 0 Å². The summed E-state index contributed by atoms with van der Waals surface area (Å²) in [6.07, 6.45) is 7.72. The van der Waals surface area contributed by atoms with Gasteiger partial charge in [0.25, 0.3) is 11.7 Å². The number of rotatable bonds is 5. The van der Waals surface area contributed by atoms with Gasteiger partial charge in [-0.15, -0.1) is 11.3 Å². The Morgan fingerprint density at radius 3 is 3.00 bits per heavy atom. The number of likely N-dealkylation sites (tertiary alicyclic amines) is 1. The minimum absolute atomic E-state index is 0.0914. The van der Waals surface area contributed by atoms with Gasteiger partial charge in [0.1, 0.15) is 5.01 Å². The molecule has 1 saturated carbocycles. The van der Waals surface area contributed by atoms with Crippen LogP contribution in [-0.2, 0) is 19.4 Å². The molecule has 3 heterocycles. The zero-order valence-electron chi connectivity index (χ0n) is 14.0. The van der Waals surface area contributed by atoms with E-state index >= 15 is 0 Å². The molecule has 2 aromatic rings. The summed E-state index contributed by atoms with van der Waals surface area (Å²) in [5, 5.41) is 7.97. The number of aryl methyl sites for hydroxylation is 2. The standard InChI is InChI=1S/C17H21N5O2S/c23-16(18-10-6-7-10)15-20-17(24-21-15)12-4-2-8-22(12)9-14-19-11-3-1-5-13(11)25-14/h10,12H,1-9H2,(H,18,23). The van der Waals surface area contributed by atoms with Crippen LogP contribution >= 0.6 is 11.3 Å². The number of thiazole rings is 1. The second kappa shape index (κ2) is 6.17. The molecule has 0 bridgehead atoms.